The first-order valence-electron chi connectivity index (χ1n) is 6.06. The van der Waals surface area contributed by atoms with Crippen molar-refractivity contribution in [2.45, 2.75) is 44.5 Å². The summed E-state index contributed by atoms with van der Waals surface area (Å²) >= 11 is 0. The van der Waals surface area contributed by atoms with Gasteiger partial charge in [0.05, 0.1) is 12.2 Å². The molecule has 3 nitrogen and oxygen atoms in total. The van der Waals surface area contributed by atoms with Gasteiger partial charge in [0.25, 0.3) is 0 Å². The molecule has 1 heterocycles. The zero-order valence-corrected chi connectivity index (χ0v) is 8.89. The largest absolute Gasteiger partial charge is 0.462 e. The average molecular weight is 208 g/mol. The van der Waals surface area contributed by atoms with E-state index in [-0.39, 0.29) is 12.1 Å². The Bertz CT molecular complexity index is 327. The minimum absolute atomic E-state index is 0.115. The van der Waals surface area contributed by atoms with Gasteiger partial charge in [-0.2, -0.15) is 0 Å². The first kappa shape index (κ1) is 8.57. The zero-order valence-electron chi connectivity index (χ0n) is 8.89. The topological polar surface area (TPSA) is 38.8 Å². The van der Waals surface area contributed by atoms with E-state index in [1.165, 1.54) is 19.8 Å². The number of fused-ring (bicyclic) bond motifs is 7. The van der Waals surface area contributed by atoms with Crippen LogP contribution < -0.4 is 0 Å². The van der Waals surface area contributed by atoms with Crippen LogP contribution in [0.15, 0.2) is 0 Å². The Morgan fingerprint density at radius 2 is 2.13 bits per heavy atom. The summed E-state index contributed by atoms with van der Waals surface area (Å²) in [5.41, 5.74) is 0. The summed E-state index contributed by atoms with van der Waals surface area (Å²) in [4.78, 5) is 11.0. The minimum Gasteiger partial charge on any atom is -0.462 e. The predicted molar refractivity (Wildman–Crippen MR) is 52.0 cm³/mol. The second-order valence-corrected chi connectivity index (χ2v) is 5.66. The van der Waals surface area contributed by atoms with Crippen molar-refractivity contribution >= 4 is 5.97 Å². The average Bonchev–Trinajstić information content (AvgIpc) is 2.58. The van der Waals surface area contributed by atoms with Crippen LogP contribution in [0, 0.1) is 23.7 Å². The van der Waals surface area contributed by atoms with E-state index in [4.69, 9.17) is 9.47 Å². The van der Waals surface area contributed by atoms with E-state index in [0.29, 0.717) is 18.1 Å². The SMILES string of the molecule is CC(=O)O[C@H]1C[C@H]2C[C@@H]1[C@@H]1[C@@H]2C[C@H]2O[C@H]12. The van der Waals surface area contributed by atoms with Crippen LogP contribution in [-0.4, -0.2) is 24.3 Å². The maximum absolute atomic E-state index is 11.0. The molecule has 0 aromatic heterocycles. The second kappa shape index (κ2) is 2.57. The third-order valence-corrected chi connectivity index (χ3v) is 5.00. The van der Waals surface area contributed by atoms with Crippen LogP contribution in [0.25, 0.3) is 0 Å². The van der Waals surface area contributed by atoms with Gasteiger partial charge in [0.2, 0.25) is 0 Å². The van der Waals surface area contributed by atoms with Crippen molar-refractivity contribution in [1.29, 1.82) is 0 Å². The number of hydrogen-bond donors (Lipinski definition) is 0. The molecular formula is C12H16O3. The Labute approximate surface area is 89.1 Å². The van der Waals surface area contributed by atoms with Crippen molar-refractivity contribution in [2.24, 2.45) is 23.7 Å². The van der Waals surface area contributed by atoms with Gasteiger partial charge in [-0.1, -0.05) is 0 Å². The molecule has 0 amide bonds. The van der Waals surface area contributed by atoms with Crippen molar-refractivity contribution in [3.05, 3.63) is 0 Å². The summed E-state index contributed by atoms with van der Waals surface area (Å²) in [6.45, 7) is 1.52. The van der Waals surface area contributed by atoms with Gasteiger partial charge >= 0.3 is 5.97 Å². The lowest BCUT2D eigenvalue weighted by Crippen LogP contribution is -2.34. The Hall–Kier alpha value is -0.570. The van der Waals surface area contributed by atoms with E-state index in [1.807, 2.05) is 0 Å². The molecule has 4 aliphatic rings. The molecule has 3 saturated carbocycles. The van der Waals surface area contributed by atoms with Gasteiger partial charge in [0, 0.05) is 12.8 Å². The summed E-state index contributed by atoms with van der Waals surface area (Å²) in [7, 11) is 0. The number of hydrogen-bond acceptors (Lipinski definition) is 3. The van der Waals surface area contributed by atoms with Gasteiger partial charge in [-0.05, 0) is 37.0 Å². The van der Waals surface area contributed by atoms with E-state index in [0.717, 1.165) is 24.2 Å². The van der Waals surface area contributed by atoms with Crippen molar-refractivity contribution in [1.82, 2.24) is 0 Å². The first-order valence-corrected chi connectivity index (χ1v) is 6.06. The summed E-state index contributed by atoms with van der Waals surface area (Å²) < 4.78 is 11.1. The number of carbonyl (C=O) groups is 1. The lowest BCUT2D eigenvalue weighted by Gasteiger charge is -2.31. The summed E-state index contributed by atoms with van der Waals surface area (Å²) in [5.74, 6) is 2.93. The normalized spacial score (nSPS) is 58.9. The van der Waals surface area contributed by atoms with Crippen LogP contribution in [0.3, 0.4) is 0 Å². The van der Waals surface area contributed by atoms with Crippen molar-refractivity contribution in [2.75, 3.05) is 0 Å². The molecule has 0 radical (unpaired) electrons. The lowest BCUT2D eigenvalue weighted by atomic mass is 9.79. The Morgan fingerprint density at radius 3 is 2.93 bits per heavy atom. The molecule has 0 spiro atoms. The molecule has 4 fully saturated rings. The van der Waals surface area contributed by atoms with Crippen molar-refractivity contribution in [3.63, 3.8) is 0 Å². The van der Waals surface area contributed by atoms with Gasteiger partial charge in [0.1, 0.15) is 6.10 Å². The fourth-order valence-corrected chi connectivity index (χ4v) is 4.60. The number of ether oxygens (including phenoxy) is 2. The molecule has 3 heteroatoms. The maximum Gasteiger partial charge on any atom is 0.302 e. The number of rotatable bonds is 1. The fraction of sp³-hybridized carbons (Fsp3) is 0.917. The highest BCUT2D eigenvalue weighted by Crippen LogP contribution is 2.64. The van der Waals surface area contributed by atoms with E-state index in [9.17, 15) is 4.79 Å². The Morgan fingerprint density at radius 1 is 1.27 bits per heavy atom. The second-order valence-electron chi connectivity index (χ2n) is 5.66. The highest BCUT2D eigenvalue weighted by molar-refractivity contribution is 5.66. The molecular weight excluding hydrogens is 192 g/mol. The Balaban J connectivity index is 1.57. The number of carbonyl (C=O) groups excluding carboxylic acids is 1. The first-order chi connectivity index (χ1) is 7.24. The highest BCUT2D eigenvalue weighted by atomic mass is 16.6. The van der Waals surface area contributed by atoms with Crippen molar-refractivity contribution < 1.29 is 14.3 Å². The third kappa shape index (κ3) is 1.02. The van der Waals surface area contributed by atoms with Gasteiger partial charge < -0.3 is 9.47 Å². The van der Waals surface area contributed by atoms with Gasteiger partial charge in [-0.3, -0.25) is 4.79 Å². The van der Waals surface area contributed by atoms with Crippen molar-refractivity contribution in [3.8, 4) is 0 Å². The minimum atomic E-state index is -0.115. The van der Waals surface area contributed by atoms with Crippen LogP contribution in [0.4, 0.5) is 0 Å². The summed E-state index contributed by atoms with van der Waals surface area (Å²) in [6.07, 6.45) is 4.98. The molecule has 0 N–H and O–H groups in total. The molecule has 4 rings (SSSR count). The third-order valence-electron chi connectivity index (χ3n) is 5.00. The van der Waals surface area contributed by atoms with Crippen LogP contribution >= 0.6 is 0 Å². The molecule has 0 aromatic carbocycles. The molecule has 1 saturated heterocycles. The quantitative estimate of drug-likeness (QED) is 0.482. The molecule has 1 aliphatic heterocycles. The molecule has 3 aliphatic carbocycles. The molecule has 0 unspecified atom stereocenters. The number of epoxide rings is 1. The molecule has 82 valence electrons. The van der Waals surface area contributed by atoms with E-state index >= 15 is 0 Å². The monoisotopic (exact) mass is 208 g/mol. The highest BCUT2D eigenvalue weighted by Gasteiger charge is 2.67. The molecule has 15 heavy (non-hydrogen) atoms. The standard InChI is InChI=1S/C12H16O3/c1-5(13)14-9-3-6-2-8(9)11-7(6)4-10-12(11)15-10/h6-12H,2-4H2,1H3/t6-,7-,8+,9+,10-,11+,12+/m1/s1. The predicted octanol–water partition coefficient (Wildman–Crippen LogP) is 1.36. The smallest absolute Gasteiger partial charge is 0.302 e. The van der Waals surface area contributed by atoms with Crippen LogP contribution in [0.5, 0.6) is 0 Å². The number of esters is 1. The van der Waals surface area contributed by atoms with Crippen LogP contribution in [0.1, 0.15) is 26.2 Å². The Kier molecular flexibility index (Phi) is 1.47. The fourth-order valence-electron chi connectivity index (χ4n) is 4.60. The van der Waals surface area contributed by atoms with Crippen LogP contribution in [0.2, 0.25) is 0 Å². The van der Waals surface area contributed by atoms with Crippen LogP contribution in [-0.2, 0) is 14.3 Å². The maximum atomic E-state index is 11.0. The van der Waals surface area contributed by atoms with E-state index < -0.39 is 0 Å². The summed E-state index contributed by atoms with van der Waals surface area (Å²) in [6, 6.07) is 0. The molecule has 0 aromatic rings. The van der Waals surface area contributed by atoms with Gasteiger partial charge in [0.15, 0.2) is 0 Å². The van der Waals surface area contributed by atoms with E-state index in [2.05, 4.69) is 0 Å². The van der Waals surface area contributed by atoms with Gasteiger partial charge in [-0.25, -0.2) is 0 Å². The molecule has 2 bridgehead atoms. The van der Waals surface area contributed by atoms with E-state index in [1.54, 1.807) is 0 Å². The van der Waals surface area contributed by atoms with Gasteiger partial charge in [-0.15, -0.1) is 0 Å². The zero-order chi connectivity index (χ0) is 10.2. The molecule has 7 atom stereocenters. The summed E-state index contributed by atoms with van der Waals surface area (Å²) in [5, 5.41) is 0. The lowest BCUT2D eigenvalue weighted by molar-refractivity contribution is -0.150.